The molecule has 3 aromatic rings. The molecule has 3 rings (SSSR count). The van der Waals surface area contributed by atoms with Gasteiger partial charge in [0.1, 0.15) is 5.01 Å². The van der Waals surface area contributed by atoms with Crippen LogP contribution in [-0.2, 0) is 0 Å². The fraction of sp³-hybridized carbons (Fsp3) is 0. The van der Waals surface area contributed by atoms with E-state index in [0.717, 1.165) is 16.1 Å². The van der Waals surface area contributed by atoms with Crippen LogP contribution in [0.15, 0.2) is 48.5 Å². The van der Waals surface area contributed by atoms with Gasteiger partial charge in [-0.15, -0.1) is 0 Å². The molecule has 1 heterocycles. The van der Waals surface area contributed by atoms with E-state index in [0.29, 0.717) is 17.0 Å². The summed E-state index contributed by atoms with van der Waals surface area (Å²) in [4.78, 5) is 4.50. The van der Waals surface area contributed by atoms with Crippen LogP contribution in [-0.4, -0.2) is 9.36 Å². The smallest absolute Gasteiger partial charge is 0.173 e. The molecule has 5 heteroatoms. The molecule has 0 bridgehead atoms. The van der Waals surface area contributed by atoms with E-state index in [9.17, 15) is 0 Å². The molecule has 21 heavy (non-hydrogen) atoms. The van der Waals surface area contributed by atoms with Gasteiger partial charge in [-0.25, -0.2) is 4.98 Å². The fourth-order valence-electron chi connectivity index (χ4n) is 1.84. The SMILES string of the molecule is N#Cc1ccc(-c2nsc(-c3ccc(C#N)cc3)n2)cc1. The van der Waals surface area contributed by atoms with Gasteiger partial charge >= 0.3 is 0 Å². The summed E-state index contributed by atoms with van der Waals surface area (Å²) in [5.74, 6) is 0.642. The molecule has 0 aliphatic carbocycles. The molecule has 0 spiro atoms. The predicted octanol–water partition coefficient (Wildman–Crippen LogP) is 3.62. The lowest BCUT2D eigenvalue weighted by atomic mass is 10.1. The lowest BCUT2D eigenvalue weighted by molar-refractivity contribution is 1.32. The van der Waals surface area contributed by atoms with E-state index >= 15 is 0 Å². The van der Waals surface area contributed by atoms with Crippen molar-refractivity contribution in [2.24, 2.45) is 0 Å². The van der Waals surface area contributed by atoms with Crippen LogP contribution >= 0.6 is 11.5 Å². The Morgan fingerprint density at radius 3 is 1.81 bits per heavy atom. The maximum absolute atomic E-state index is 8.80. The maximum Gasteiger partial charge on any atom is 0.173 e. The summed E-state index contributed by atoms with van der Waals surface area (Å²) in [5.41, 5.74) is 3.05. The second kappa shape index (κ2) is 5.54. The van der Waals surface area contributed by atoms with Gasteiger partial charge in [-0.1, -0.05) is 12.1 Å². The topological polar surface area (TPSA) is 73.4 Å². The number of benzene rings is 2. The van der Waals surface area contributed by atoms with Crippen molar-refractivity contribution in [3.05, 3.63) is 59.7 Å². The summed E-state index contributed by atoms with van der Waals surface area (Å²) in [6, 6.07) is 18.6. The van der Waals surface area contributed by atoms with E-state index in [1.54, 1.807) is 24.3 Å². The number of nitrogens with zero attached hydrogens (tertiary/aromatic N) is 4. The summed E-state index contributed by atoms with van der Waals surface area (Å²) < 4.78 is 4.34. The first-order valence-corrected chi connectivity index (χ1v) is 6.92. The average Bonchev–Trinajstić information content (AvgIpc) is 3.05. The zero-order valence-electron chi connectivity index (χ0n) is 10.8. The molecule has 0 radical (unpaired) electrons. The quantitative estimate of drug-likeness (QED) is 0.722. The highest BCUT2D eigenvalue weighted by Crippen LogP contribution is 2.26. The largest absolute Gasteiger partial charge is 0.215 e. The molecule has 0 saturated heterocycles. The van der Waals surface area contributed by atoms with Crippen LogP contribution in [0.2, 0.25) is 0 Å². The van der Waals surface area contributed by atoms with Crippen molar-refractivity contribution in [1.29, 1.82) is 10.5 Å². The van der Waals surface area contributed by atoms with Crippen molar-refractivity contribution in [2.45, 2.75) is 0 Å². The van der Waals surface area contributed by atoms with Crippen molar-refractivity contribution >= 4 is 11.5 Å². The van der Waals surface area contributed by atoms with Crippen LogP contribution in [0.1, 0.15) is 11.1 Å². The van der Waals surface area contributed by atoms with Gasteiger partial charge in [0.15, 0.2) is 5.82 Å². The van der Waals surface area contributed by atoms with Crippen molar-refractivity contribution in [1.82, 2.24) is 9.36 Å². The highest BCUT2D eigenvalue weighted by molar-refractivity contribution is 7.09. The number of aromatic nitrogens is 2. The average molecular weight is 288 g/mol. The first-order chi connectivity index (χ1) is 10.3. The molecule has 2 aromatic carbocycles. The van der Waals surface area contributed by atoms with E-state index in [2.05, 4.69) is 21.5 Å². The zero-order valence-corrected chi connectivity index (χ0v) is 11.6. The Hall–Kier alpha value is -3.02. The van der Waals surface area contributed by atoms with Gasteiger partial charge in [-0.05, 0) is 47.9 Å². The summed E-state index contributed by atoms with van der Waals surface area (Å²) >= 11 is 1.31. The minimum atomic E-state index is 0.612. The van der Waals surface area contributed by atoms with Crippen LogP contribution in [0.4, 0.5) is 0 Å². The molecule has 0 unspecified atom stereocenters. The van der Waals surface area contributed by atoms with Crippen LogP contribution < -0.4 is 0 Å². The van der Waals surface area contributed by atoms with Gasteiger partial charge in [0.2, 0.25) is 0 Å². The molecule has 0 aliphatic rings. The van der Waals surface area contributed by atoms with Crippen molar-refractivity contribution in [3.63, 3.8) is 0 Å². The van der Waals surface area contributed by atoms with Gasteiger partial charge in [0.05, 0.1) is 23.3 Å². The molecular weight excluding hydrogens is 280 g/mol. The van der Waals surface area contributed by atoms with Crippen LogP contribution in [0.3, 0.4) is 0 Å². The Morgan fingerprint density at radius 1 is 0.762 bits per heavy atom. The lowest BCUT2D eigenvalue weighted by Gasteiger charge is -1.96. The standard InChI is InChI=1S/C16H8N4S/c17-9-11-1-5-13(6-2-11)15-19-16(21-20-15)14-7-3-12(10-18)4-8-14/h1-8H. The molecule has 0 N–H and O–H groups in total. The van der Waals surface area contributed by atoms with Gasteiger partial charge in [-0.2, -0.15) is 14.9 Å². The van der Waals surface area contributed by atoms with Gasteiger partial charge in [0.25, 0.3) is 0 Å². The van der Waals surface area contributed by atoms with Crippen LogP contribution in [0.25, 0.3) is 22.0 Å². The minimum absolute atomic E-state index is 0.612. The Kier molecular flexibility index (Phi) is 3.42. The monoisotopic (exact) mass is 288 g/mol. The Labute approximate surface area is 125 Å². The van der Waals surface area contributed by atoms with E-state index in [1.165, 1.54) is 11.5 Å². The molecule has 0 fully saturated rings. The molecule has 4 nitrogen and oxygen atoms in total. The first-order valence-electron chi connectivity index (χ1n) is 6.15. The number of rotatable bonds is 2. The molecule has 0 aliphatic heterocycles. The third kappa shape index (κ3) is 2.64. The summed E-state index contributed by atoms with van der Waals surface area (Å²) in [5, 5.41) is 18.4. The second-order valence-corrected chi connectivity index (χ2v) is 5.05. The zero-order chi connectivity index (χ0) is 14.7. The predicted molar refractivity (Wildman–Crippen MR) is 80.2 cm³/mol. The number of hydrogen-bond acceptors (Lipinski definition) is 5. The van der Waals surface area contributed by atoms with Crippen LogP contribution in [0, 0.1) is 22.7 Å². The highest BCUT2D eigenvalue weighted by atomic mass is 32.1. The van der Waals surface area contributed by atoms with Crippen molar-refractivity contribution < 1.29 is 0 Å². The van der Waals surface area contributed by atoms with Crippen LogP contribution in [0.5, 0.6) is 0 Å². The number of hydrogen-bond donors (Lipinski definition) is 0. The minimum Gasteiger partial charge on any atom is -0.215 e. The summed E-state index contributed by atoms with van der Waals surface area (Å²) in [6.45, 7) is 0. The maximum atomic E-state index is 8.80. The van der Waals surface area contributed by atoms with Crippen molar-refractivity contribution in [2.75, 3.05) is 0 Å². The Balaban J connectivity index is 1.92. The van der Waals surface area contributed by atoms with Crippen molar-refractivity contribution in [3.8, 4) is 34.1 Å². The molecule has 0 saturated carbocycles. The molecule has 98 valence electrons. The number of nitriles is 2. The van der Waals surface area contributed by atoms with E-state index < -0.39 is 0 Å². The lowest BCUT2D eigenvalue weighted by Crippen LogP contribution is -1.82. The summed E-state index contributed by atoms with van der Waals surface area (Å²) in [6.07, 6.45) is 0. The van der Waals surface area contributed by atoms with Gasteiger partial charge in [0, 0.05) is 11.1 Å². The molecule has 1 aromatic heterocycles. The molecular formula is C16H8N4S. The molecule has 0 atom stereocenters. The third-order valence-electron chi connectivity index (χ3n) is 2.96. The Morgan fingerprint density at radius 2 is 1.29 bits per heavy atom. The highest BCUT2D eigenvalue weighted by Gasteiger charge is 2.08. The molecule has 0 amide bonds. The van der Waals surface area contributed by atoms with E-state index in [-0.39, 0.29) is 0 Å². The first kappa shape index (κ1) is 13.0. The summed E-state index contributed by atoms with van der Waals surface area (Å²) in [7, 11) is 0. The normalized spacial score (nSPS) is 9.81. The Bertz CT molecular complexity index is 777. The third-order valence-corrected chi connectivity index (χ3v) is 3.72. The fourth-order valence-corrected chi connectivity index (χ4v) is 2.53. The van der Waals surface area contributed by atoms with E-state index in [4.69, 9.17) is 10.5 Å². The van der Waals surface area contributed by atoms with Gasteiger partial charge < -0.3 is 0 Å². The second-order valence-electron chi connectivity index (χ2n) is 4.30. The van der Waals surface area contributed by atoms with Gasteiger partial charge in [-0.3, -0.25) is 0 Å². The van der Waals surface area contributed by atoms with E-state index in [1.807, 2.05) is 24.3 Å².